The summed E-state index contributed by atoms with van der Waals surface area (Å²) in [4.78, 5) is 28.2. The van der Waals surface area contributed by atoms with Crippen LogP contribution in [0.1, 0.15) is 30.5 Å². The molecule has 2 aromatic rings. The number of benzene rings is 2. The van der Waals surface area contributed by atoms with Crippen LogP contribution in [-0.4, -0.2) is 69.0 Å². The van der Waals surface area contributed by atoms with E-state index >= 15 is 0 Å². The average molecular weight is 510 g/mol. The molecule has 8 nitrogen and oxygen atoms in total. The minimum atomic E-state index is -3.59. The smallest absolute Gasteiger partial charge is 0.247 e. The molecule has 2 rings (SSSR count). The molecule has 0 radical (unpaired) electrons. The van der Waals surface area contributed by atoms with Gasteiger partial charge in [-0.1, -0.05) is 54.1 Å². The fourth-order valence-corrected chi connectivity index (χ4v) is 3.71. The number of likely N-dealkylation sites (N-methyl/N-ethyl adjacent to an activating group) is 1. The Morgan fingerprint density at radius 3 is 2.32 bits per heavy atom. The molecule has 0 aliphatic rings. The van der Waals surface area contributed by atoms with E-state index in [4.69, 9.17) is 16.3 Å². The van der Waals surface area contributed by atoms with Crippen LogP contribution < -0.4 is 5.32 Å². The van der Waals surface area contributed by atoms with Crippen molar-refractivity contribution in [2.75, 3.05) is 39.6 Å². The molecule has 10 heteroatoms. The highest BCUT2D eigenvalue weighted by Gasteiger charge is 2.32. The van der Waals surface area contributed by atoms with Gasteiger partial charge >= 0.3 is 0 Å². The van der Waals surface area contributed by atoms with Crippen LogP contribution in [-0.2, 0) is 30.9 Å². The van der Waals surface area contributed by atoms with E-state index in [1.165, 1.54) is 11.9 Å². The second kappa shape index (κ2) is 13.4. The van der Waals surface area contributed by atoms with Gasteiger partial charge in [0.25, 0.3) is 0 Å². The van der Waals surface area contributed by atoms with E-state index < -0.39 is 28.5 Å². The van der Waals surface area contributed by atoms with Gasteiger partial charge in [0.15, 0.2) is 0 Å². The maximum Gasteiger partial charge on any atom is 0.247 e. The molecule has 34 heavy (non-hydrogen) atoms. The van der Waals surface area contributed by atoms with E-state index in [9.17, 15) is 18.0 Å². The second-order valence-corrected chi connectivity index (χ2v) is 10.3. The van der Waals surface area contributed by atoms with Crippen molar-refractivity contribution in [3.63, 3.8) is 0 Å². The van der Waals surface area contributed by atoms with Gasteiger partial charge in [-0.2, -0.15) is 4.31 Å². The molecule has 2 aromatic carbocycles. The van der Waals surface area contributed by atoms with Crippen molar-refractivity contribution in [3.8, 4) is 0 Å². The summed E-state index contributed by atoms with van der Waals surface area (Å²) >= 11 is 6.00. The predicted octanol–water partition coefficient (Wildman–Crippen LogP) is 2.84. The average Bonchev–Trinajstić information content (AvgIpc) is 2.80. The van der Waals surface area contributed by atoms with Gasteiger partial charge in [0, 0.05) is 38.4 Å². The summed E-state index contributed by atoms with van der Waals surface area (Å²) < 4.78 is 30.2. The normalized spacial score (nSPS) is 12.4. The van der Waals surface area contributed by atoms with Gasteiger partial charge in [-0.3, -0.25) is 9.59 Å². The zero-order chi connectivity index (χ0) is 25.1. The second-order valence-electron chi connectivity index (χ2n) is 7.82. The number of ether oxygens (including phenoxy) is 1. The Labute approximate surface area is 206 Å². The summed E-state index contributed by atoms with van der Waals surface area (Å²) in [6.45, 7) is 3.09. The third kappa shape index (κ3) is 8.72. The number of carbonyl (C=O) groups excluding carboxylic acids is 2. The van der Waals surface area contributed by atoms with Crippen LogP contribution in [0.2, 0.25) is 5.02 Å². The number of hydrogen-bond donors (Lipinski definition) is 1. The number of nitrogens with one attached hydrogen (secondary N) is 1. The molecule has 0 fully saturated rings. The molecular weight excluding hydrogens is 478 g/mol. The van der Waals surface area contributed by atoms with Crippen LogP contribution in [0, 0.1) is 0 Å². The lowest BCUT2D eigenvalue weighted by molar-refractivity contribution is -0.141. The minimum Gasteiger partial charge on any atom is -0.382 e. The van der Waals surface area contributed by atoms with Crippen molar-refractivity contribution in [2.45, 2.75) is 25.9 Å². The molecule has 0 unspecified atom stereocenters. The van der Waals surface area contributed by atoms with E-state index in [1.807, 2.05) is 13.0 Å². The van der Waals surface area contributed by atoms with E-state index in [0.717, 1.165) is 16.1 Å². The predicted molar refractivity (Wildman–Crippen MR) is 133 cm³/mol. The van der Waals surface area contributed by atoms with Crippen LogP contribution in [0.3, 0.4) is 0 Å². The molecule has 0 bridgehead atoms. The van der Waals surface area contributed by atoms with Crippen LogP contribution in [0.4, 0.5) is 0 Å². The minimum absolute atomic E-state index is 0.0968. The van der Waals surface area contributed by atoms with Crippen LogP contribution in [0.15, 0.2) is 54.6 Å². The van der Waals surface area contributed by atoms with Crippen molar-refractivity contribution in [1.82, 2.24) is 14.5 Å². The topological polar surface area (TPSA) is 96.0 Å². The van der Waals surface area contributed by atoms with Crippen molar-refractivity contribution < 1.29 is 22.7 Å². The summed E-state index contributed by atoms with van der Waals surface area (Å²) in [5, 5.41) is 3.43. The lowest BCUT2D eigenvalue weighted by Crippen LogP contribution is -2.47. The fraction of sp³-hybridized carbons (Fsp3) is 0.417. The zero-order valence-corrected chi connectivity index (χ0v) is 21.3. The summed E-state index contributed by atoms with van der Waals surface area (Å²) in [5.74, 6) is -0.854. The molecule has 186 valence electrons. The quantitative estimate of drug-likeness (QED) is 0.419. The van der Waals surface area contributed by atoms with E-state index in [-0.39, 0.29) is 12.5 Å². The molecule has 0 saturated carbocycles. The number of carbonyl (C=O) groups is 2. The molecule has 0 spiro atoms. The fourth-order valence-electron chi connectivity index (χ4n) is 3.24. The highest BCUT2D eigenvalue weighted by molar-refractivity contribution is 7.88. The van der Waals surface area contributed by atoms with Crippen LogP contribution in [0.25, 0.3) is 0 Å². The Hall–Kier alpha value is -2.46. The van der Waals surface area contributed by atoms with Gasteiger partial charge in [0.1, 0.15) is 6.04 Å². The molecule has 2 amide bonds. The third-order valence-corrected chi connectivity index (χ3v) is 6.67. The number of hydrogen-bond acceptors (Lipinski definition) is 5. The summed E-state index contributed by atoms with van der Waals surface area (Å²) in [7, 11) is -2.26. The molecule has 1 atom stereocenters. The summed E-state index contributed by atoms with van der Waals surface area (Å²) in [5.41, 5.74) is 1.37. The Kier molecular flexibility index (Phi) is 11.0. The monoisotopic (exact) mass is 509 g/mol. The molecule has 0 aliphatic heterocycles. The summed E-state index contributed by atoms with van der Waals surface area (Å²) in [6, 6.07) is 14.9. The van der Waals surface area contributed by atoms with Gasteiger partial charge in [-0.25, -0.2) is 8.42 Å². The molecule has 0 saturated heterocycles. The zero-order valence-electron chi connectivity index (χ0n) is 19.7. The first-order chi connectivity index (χ1) is 16.1. The van der Waals surface area contributed by atoms with Crippen molar-refractivity contribution in [3.05, 3.63) is 70.7 Å². The standard InChI is InChI=1S/C24H32ClN3O5S/c1-4-33-16-8-15-26-24(30)23(20-9-6-5-7-10-20)28(17-19-11-13-21(25)14-12-19)22(29)18-27(2)34(3,31)32/h5-7,9-14,23H,4,8,15-18H2,1-3H3,(H,26,30)/t23-/m0/s1. The van der Waals surface area contributed by atoms with Gasteiger partial charge in [0.2, 0.25) is 21.8 Å². The Morgan fingerprint density at radius 1 is 1.09 bits per heavy atom. The maximum atomic E-state index is 13.4. The lowest BCUT2D eigenvalue weighted by Gasteiger charge is -2.32. The highest BCUT2D eigenvalue weighted by Crippen LogP contribution is 2.25. The molecule has 1 N–H and O–H groups in total. The maximum absolute atomic E-state index is 13.4. The van der Waals surface area contributed by atoms with Gasteiger partial charge < -0.3 is 15.0 Å². The van der Waals surface area contributed by atoms with Crippen molar-refractivity contribution in [1.29, 1.82) is 0 Å². The van der Waals surface area contributed by atoms with Crippen LogP contribution >= 0.6 is 11.6 Å². The largest absolute Gasteiger partial charge is 0.382 e. The highest BCUT2D eigenvalue weighted by atomic mass is 35.5. The first kappa shape index (κ1) is 27.8. The van der Waals surface area contributed by atoms with Gasteiger partial charge in [-0.05, 0) is 36.6 Å². The lowest BCUT2D eigenvalue weighted by atomic mass is 10.0. The Balaban J connectivity index is 2.38. The van der Waals surface area contributed by atoms with Gasteiger partial charge in [-0.15, -0.1) is 0 Å². The molecule has 0 heterocycles. The molecule has 0 aliphatic carbocycles. The van der Waals surface area contributed by atoms with E-state index in [1.54, 1.807) is 48.5 Å². The molecule has 0 aromatic heterocycles. The number of rotatable bonds is 13. The number of sulfonamides is 1. The summed E-state index contributed by atoms with van der Waals surface area (Å²) in [6.07, 6.45) is 1.66. The number of nitrogens with zero attached hydrogens (tertiary/aromatic N) is 2. The van der Waals surface area contributed by atoms with Crippen molar-refractivity contribution in [2.24, 2.45) is 0 Å². The van der Waals surface area contributed by atoms with Crippen molar-refractivity contribution >= 4 is 33.4 Å². The third-order valence-electron chi connectivity index (χ3n) is 5.15. The number of halogens is 1. The van der Waals surface area contributed by atoms with E-state index in [2.05, 4.69) is 5.32 Å². The first-order valence-corrected chi connectivity index (χ1v) is 13.2. The van der Waals surface area contributed by atoms with Crippen LogP contribution in [0.5, 0.6) is 0 Å². The molecular formula is C24H32ClN3O5S. The Morgan fingerprint density at radius 2 is 1.74 bits per heavy atom. The Bertz CT molecular complexity index is 1030. The number of amides is 2. The van der Waals surface area contributed by atoms with Gasteiger partial charge in [0.05, 0.1) is 12.8 Å². The first-order valence-electron chi connectivity index (χ1n) is 11.0. The van der Waals surface area contributed by atoms with E-state index in [0.29, 0.717) is 36.8 Å². The SMILES string of the molecule is CCOCCCNC(=O)[C@H](c1ccccc1)N(Cc1ccc(Cl)cc1)C(=O)CN(C)S(C)(=O)=O.